The Balaban J connectivity index is 1.24. The van der Waals surface area contributed by atoms with E-state index < -0.39 is 11.2 Å². The van der Waals surface area contributed by atoms with Crippen LogP contribution < -0.4 is 21.9 Å². The molecule has 0 saturated carbocycles. The van der Waals surface area contributed by atoms with E-state index in [0.717, 1.165) is 29.8 Å². The first-order chi connectivity index (χ1) is 17.6. The second kappa shape index (κ2) is 10.6. The molecule has 0 unspecified atom stereocenters. The highest BCUT2D eigenvalue weighted by atomic mass is 16.2. The number of rotatable bonds is 8. The van der Waals surface area contributed by atoms with E-state index >= 15 is 0 Å². The molecule has 5 rings (SSSR count). The highest BCUT2D eigenvalue weighted by molar-refractivity contribution is 6.04. The van der Waals surface area contributed by atoms with Crippen LogP contribution in [0.15, 0.2) is 82.4 Å². The molecule has 2 heterocycles. The molecule has 1 fully saturated rings. The quantitative estimate of drug-likeness (QED) is 0.331. The van der Waals surface area contributed by atoms with Gasteiger partial charge in [-0.2, -0.15) is 0 Å². The zero-order valence-corrected chi connectivity index (χ0v) is 20.0. The number of nitrogens with one attached hydrogen (secondary N) is 3. The topological polar surface area (TPSA) is 99.2 Å². The number of amides is 1. The smallest absolute Gasteiger partial charge is 0.333 e. The maximum atomic E-state index is 12.9. The van der Waals surface area contributed by atoms with Crippen LogP contribution in [0.5, 0.6) is 0 Å². The van der Waals surface area contributed by atoms with Crippen LogP contribution in [-0.4, -0.2) is 46.5 Å². The van der Waals surface area contributed by atoms with Gasteiger partial charge in [-0.3, -0.25) is 9.59 Å². The minimum Gasteiger partial charge on any atom is -0.385 e. The van der Waals surface area contributed by atoms with Crippen molar-refractivity contribution in [1.82, 2.24) is 14.5 Å². The van der Waals surface area contributed by atoms with Crippen molar-refractivity contribution in [2.75, 3.05) is 36.8 Å². The molecule has 0 spiro atoms. The summed E-state index contributed by atoms with van der Waals surface area (Å²) >= 11 is 0. The Morgan fingerprint density at radius 1 is 0.889 bits per heavy atom. The number of hydrogen-bond donors (Lipinski definition) is 3. The van der Waals surface area contributed by atoms with Gasteiger partial charge in [0.15, 0.2) is 0 Å². The third kappa shape index (κ3) is 5.23. The van der Waals surface area contributed by atoms with Crippen molar-refractivity contribution < 1.29 is 4.79 Å². The molecule has 0 atom stereocenters. The van der Waals surface area contributed by atoms with Crippen LogP contribution in [0.25, 0.3) is 16.6 Å². The molecule has 3 N–H and O–H groups in total. The first-order valence-electron chi connectivity index (χ1n) is 12.3. The average molecular weight is 484 g/mol. The van der Waals surface area contributed by atoms with E-state index in [0.29, 0.717) is 27.8 Å². The highest BCUT2D eigenvalue weighted by Gasteiger charge is 2.13. The molecule has 0 bridgehead atoms. The lowest BCUT2D eigenvalue weighted by Crippen LogP contribution is -2.33. The summed E-state index contributed by atoms with van der Waals surface area (Å²) in [5.74, 6) is -0.326. The predicted octanol–water partition coefficient (Wildman–Crippen LogP) is 3.83. The van der Waals surface area contributed by atoms with Crippen molar-refractivity contribution in [2.24, 2.45) is 0 Å². The second-order valence-electron chi connectivity index (χ2n) is 9.03. The van der Waals surface area contributed by atoms with E-state index in [9.17, 15) is 14.4 Å². The van der Waals surface area contributed by atoms with E-state index in [1.54, 1.807) is 42.5 Å². The molecule has 1 aliphatic rings. The monoisotopic (exact) mass is 483 g/mol. The number of nitrogens with zero attached hydrogens (tertiary/aromatic N) is 2. The molecule has 8 heteroatoms. The van der Waals surface area contributed by atoms with Gasteiger partial charge in [-0.1, -0.05) is 18.2 Å². The first kappa shape index (κ1) is 23.6. The number of aromatic nitrogens is 2. The summed E-state index contributed by atoms with van der Waals surface area (Å²) in [6.07, 6.45) is 3.72. The maximum absolute atomic E-state index is 12.9. The number of likely N-dealkylation sites (tertiary alicyclic amines) is 1. The number of carbonyl (C=O) groups is 1. The van der Waals surface area contributed by atoms with Crippen molar-refractivity contribution in [2.45, 2.75) is 19.3 Å². The Morgan fingerprint density at radius 2 is 1.64 bits per heavy atom. The molecule has 0 radical (unpaired) electrons. The lowest BCUT2D eigenvalue weighted by atomic mass is 10.1. The number of hydrogen-bond acceptors (Lipinski definition) is 5. The number of fused-ring (bicyclic) bond motifs is 1. The lowest BCUT2D eigenvalue weighted by Gasteiger charge is -2.15. The van der Waals surface area contributed by atoms with Gasteiger partial charge < -0.3 is 20.5 Å². The van der Waals surface area contributed by atoms with Crippen LogP contribution in [-0.2, 0) is 0 Å². The first-order valence-corrected chi connectivity index (χ1v) is 12.3. The molecule has 184 valence electrons. The summed E-state index contributed by atoms with van der Waals surface area (Å²) in [5, 5.41) is 6.71. The molecule has 1 amide bonds. The number of para-hydroxylation sites is 1. The number of anilines is 2. The van der Waals surface area contributed by atoms with E-state index in [1.165, 1.54) is 32.0 Å². The molecule has 36 heavy (non-hydrogen) atoms. The van der Waals surface area contributed by atoms with Gasteiger partial charge in [-0.05, 0) is 93.5 Å². The Kier molecular flexibility index (Phi) is 6.95. The van der Waals surface area contributed by atoms with Crippen LogP contribution in [0, 0.1) is 0 Å². The SMILES string of the molecule is O=C(Nc1ccc(NCCCN2CCCC2)cc1)c1cccc(-n2c(=O)[nH]c3ccccc3c2=O)c1. The van der Waals surface area contributed by atoms with Crippen LogP contribution in [0.4, 0.5) is 11.4 Å². The number of aromatic amines is 1. The fourth-order valence-corrected chi connectivity index (χ4v) is 4.60. The molecule has 1 saturated heterocycles. The molecule has 8 nitrogen and oxygen atoms in total. The third-order valence-corrected chi connectivity index (χ3v) is 6.49. The molecule has 0 aliphatic carbocycles. The largest absolute Gasteiger partial charge is 0.385 e. The second-order valence-corrected chi connectivity index (χ2v) is 9.03. The van der Waals surface area contributed by atoms with Crippen molar-refractivity contribution in [3.63, 3.8) is 0 Å². The molecule has 4 aromatic rings. The van der Waals surface area contributed by atoms with Gasteiger partial charge in [0.2, 0.25) is 0 Å². The number of carbonyl (C=O) groups excluding carboxylic acids is 1. The summed E-state index contributed by atoms with van der Waals surface area (Å²) in [4.78, 5) is 43.7. The van der Waals surface area contributed by atoms with Gasteiger partial charge in [0.1, 0.15) is 0 Å². The standard InChI is InChI=1S/C28H29N5O3/c34-26(30-22-13-11-21(12-14-22)29-15-6-18-32-16-3-4-17-32)20-7-5-8-23(19-20)33-27(35)24-9-1-2-10-25(24)31-28(33)36/h1-2,5,7-14,19,29H,3-4,6,15-18H2,(H,30,34)(H,31,36). The zero-order valence-electron chi connectivity index (χ0n) is 20.0. The normalized spacial score (nSPS) is 13.7. The van der Waals surface area contributed by atoms with Gasteiger partial charge in [0.25, 0.3) is 11.5 Å². The van der Waals surface area contributed by atoms with Crippen LogP contribution in [0.3, 0.4) is 0 Å². The van der Waals surface area contributed by atoms with Gasteiger partial charge in [-0.25, -0.2) is 9.36 Å². The van der Waals surface area contributed by atoms with Gasteiger partial charge in [-0.15, -0.1) is 0 Å². The third-order valence-electron chi connectivity index (χ3n) is 6.49. The predicted molar refractivity (Wildman–Crippen MR) is 143 cm³/mol. The van der Waals surface area contributed by atoms with Crippen molar-refractivity contribution in [3.8, 4) is 5.69 Å². The van der Waals surface area contributed by atoms with Crippen LogP contribution in [0.1, 0.15) is 29.6 Å². The Bertz CT molecular complexity index is 1480. The molecule has 3 aromatic carbocycles. The molecule has 1 aromatic heterocycles. The molecular weight excluding hydrogens is 454 g/mol. The molecule has 1 aliphatic heterocycles. The van der Waals surface area contributed by atoms with E-state index in [1.807, 2.05) is 24.3 Å². The number of H-pyrrole nitrogens is 1. The minimum absolute atomic E-state index is 0.326. The lowest BCUT2D eigenvalue weighted by molar-refractivity contribution is 0.102. The summed E-state index contributed by atoms with van der Waals surface area (Å²) in [7, 11) is 0. The summed E-state index contributed by atoms with van der Waals surface area (Å²) in [6.45, 7) is 4.46. The van der Waals surface area contributed by atoms with Gasteiger partial charge in [0.05, 0.1) is 16.6 Å². The van der Waals surface area contributed by atoms with Crippen molar-refractivity contribution in [1.29, 1.82) is 0 Å². The maximum Gasteiger partial charge on any atom is 0.333 e. The van der Waals surface area contributed by atoms with Crippen LogP contribution >= 0.6 is 0 Å². The van der Waals surface area contributed by atoms with E-state index in [-0.39, 0.29) is 5.91 Å². The zero-order chi connectivity index (χ0) is 24.9. The fraction of sp³-hybridized carbons (Fsp3) is 0.250. The van der Waals surface area contributed by atoms with Crippen molar-refractivity contribution >= 4 is 28.2 Å². The number of benzene rings is 3. The van der Waals surface area contributed by atoms with E-state index in [4.69, 9.17) is 0 Å². The average Bonchev–Trinajstić information content (AvgIpc) is 3.41. The van der Waals surface area contributed by atoms with Gasteiger partial charge >= 0.3 is 5.69 Å². The fourth-order valence-electron chi connectivity index (χ4n) is 4.60. The van der Waals surface area contributed by atoms with Gasteiger partial charge in [0, 0.05) is 23.5 Å². The highest BCUT2D eigenvalue weighted by Crippen LogP contribution is 2.16. The minimum atomic E-state index is -0.556. The van der Waals surface area contributed by atoms with Crippen LogP contribution in [0.2, 0.25) is 0 Å². The Labute approximate surface area is 208 Å². The Morgan fingerprint density at radius 3 is 2.44 bits per heavy atom. The Hall–Kier alpha value is -4.17. The van der Waals surface area contributed by atoms with E-state index in [2.05, 4.69) is 20.5 Å². The molecular formula is C28H29N5O3. The summed E-state index contributed by atoms with van der Waals surface area (Å²) < 4.78 is 1.04. The summed E-state index contributed by atoms with van der Waals surface area (Å²) in [5.41, 5.74) is 1.82. The van der Waals surface area contributed by atoms with Crippen molar-refractivity contribution in [3.05, 3.63) is 99.2 Å². The summed E-state index contributed by atoms with van der Waals surface area (Å²) in [6, 6.07) is 20.9.